The van der Waals surface area contributed by atoms with Crippen LogP contribution in [0.1, 0.15) is 22.5 Å². The number of benzene rings is 1. The molecule has 1 aliphatic heterocycles. The Balaban J connectivity index is 1.82. The van der Waals surface area contributed by atoms with Crippen LogP contribution < -0.4 is 0 Å². The molecule has 1 aromatic heterocycles. The number of carbonyl (C=O) groups excluding carboxylic acids is 1. The van der Waals surface area contributed by atoms with E-state index in [2.05, 4.69) is 19.0 Å². The van der Waals surface area contributed by atoms with Crippen molar-refractivity contribution in [2.24, 2.45) is 5.92 Å². The highest BCUT2D eigenvalue weighted by molar-refractivity contribution is 6.31. The Hall–Kier alpha value is -1.52. The summed E-state index contributed by atoms with van der Waals surface area (Å²) in [5.74, 6) is 0.979. The van der Waals surface area contributed by atoms with Crippen LogP contribution >= 0.6 is 11.6 Å². The van der Waals surface area contributed by atoms with Crippen LogP contribution in [-0.2, 0) is 0 Å². The third-order valence-electron chi connectivity index (χ3n) is 4.29. The Kier molecular flexibility index (Phi) is 4.15. The summed E-state index contributed by atoms with van der Waals surface area (Å²) in [6, 6.07) is 5.45. The number of aryl methyl sites for hydroxylation is 1. The molecule has 0 spiro atoms. The number of furan rings is 1. The van der Waals surface area contributed by atoms with Gasteiger partial charge in [0.05, 0.1) is 0 Å². The monoisotopic (exact) mass is 320 g/mol. The fourth-order valence-electron chi connectivity index (χ4n) is 3.22. The van der Waals surface area contributed by atoms with E-state index in [4.69, 9.17) is 16.0 Å². The molecule has 1 fully saturated rings. The number of halogens is 1. The third kappa shape index (κ3) is 2.85. The van der Waals surface area contributed by atoms with Crippen molar-refractivity contribution >= 4 is 28.5 Å². The summed E-state index contributed by atoms with van der Waals surface area (Å²) in [5, 5.41) is 1.57. The Labute approximate surface area is 135 Å². The zero-order valence-corrected chi connectivity index (χ0v) is 14.0. The van der Waals surface area contributed by atoms with E-state index < -0.39 is 0 Å². The van der Waals surface area contributed by atoms with Crippen LogP contribution in [0.3, 0.4) is 0 Å². The quantitative estimate of drug-likeness (QED) is 0.869. The van der Waals surface area contributed by atoms with Gasteiger partial charge in [-0.2, -0.15) is 0 Å². The van der Waals surface area contributed by atoms with E-state index >= 15 is 0 Å². The first kappa shape index (κ1) is 15.4. The van der Waals surface area contributed by atoms with Crippen molar-refractivity contribution in [3.8, 4) is 0 Å². The normalized spacial score (nSPS) is 18.6. The number of fused-ring (bicyclic) bond motifs is 1. The van der Waals surface area contributed by atoms with Crippen LogP contribution in [0.5, 0.6) is 0 Å². The highest BCUT2D eigenvalue weighted by Crippen LogP contribution is 2.30. The molecule has 2 heterocycles. The molecule has 0 saturated carbocycles. The van der Waals surface area contributed by atoms with E-state index in [1.807, 2.05) is 24.0 Å². The van der Waals surface area contributed by atoms with Gasteiger partial charge >= 0.3 is 0 Å². The van der Waals surface area contributed by atoms with E-state index in [1.165, 1.54) is 0 Å². The lowest BCUT2D eigenvalue weighted by Gasteiger charge is -2.17. The maximum absolute atomic E-state index is 12.7. The minimum Gasteiger partial charge on any atom is -0.451 e. The van der Waals surface area contributed by atoms with Gasteiger partial charge in [0.1, 0.15) is 5.58 Å². The summed E-state index contributed by atoms with van der Waals surface area (Å²) in [5.41, 5.74) is 1.59. The van der Waals surface area contributed by atoms with Crippen molar-refractivity contribution in [2.45, 2.75) is 13.3 Å². The molecule has 118 valence electrons. The second-order valence-electron chi connectivity index (χ2n) is 6.36. The predicted molar refractivity (Wildman–Crippen MR) is 88.5 cm³/mol. The summed E-state index contributed by atoms with van der Waals surface area (Å²) in [6.45, 7) is 4.53. The summed E-state index contributed by atoms with van der Waals surface area (Å²) < 4.78 is 5.78. The first-order valence-electron chi connectivity index (χ1n) is 7.58. The summed E-state index contributed by atoms with van der Waals surface area (Å²) >= 11 is 6.03. The lowest BCUT2D eigenvalue weighted by atomic mass is 10.1. The number of carbonyl (C=O) groups is 1. The first-order valence-corrected chi connectivity index (χ1v) is 7.96. The van der Waals surface area contributed by atoms with Gasteiger partial charge in [0.2, 0.25) is 0 Å². The van der Waals surface area contributed by atoms with E-state index in [0.717, 1.165) is 37.0 Å². The van der Waals surface area contributed by atoms with Gasteiger partial charge < -0.3 is 14.2 Å². The molecular weight excluding hydrogens is 300 g/mol. The largest absolute Gasteiger partial charge is 0.451 e. The number of nitrogens with zero attached hydrogens (tertiary/aromatic N) is 2. The number of amides is 1. The highest BCUT2D eigenvalue weighted by Gasteiger charge is 2.30. The minimum atomic E-state index is -0.00826. The highest BCUT2D eigenvalue weighted by atomic mass is 35.5. The predicted octanol–water partition coefficient (Wildman–Crippen LogP) is 3.42. The van der Waals surface area contributed by atoms with Gasteiger partial charge in [-0.3, -0.25) is 4.79 Å². The number of likely N-dealkylation sites (tertiary alicyclic amines) is 1. The van der Waals surface area contributed by atoms with Gasteiger partial charge in [0, 0.05) is 35.6 Å². The zero-order valence-electron chi connectivity index (χ0n) is 13.2. The molecule has 0 bridgehead atoms. The van der Waals surface area contributed by atoms with Crippen LogP contribution in [-0.4, -0.2) is 49.4 Å². The van der Waals surface area contributed by atoms with Crippen molar-refractivity contribution in [1.82, 2.24) is 9.80 Å². The Morgan fingerprint density at radius 1 is 1.45 bits per heavy atom. The molecule has 1 atom stereocenters. The van der Waals surface area contributed by atoms with E-state index in [0.29, 0.717) is 22.3 Å². The van der Waals surface area contributed by atoms with Crippen LogP contribution in [0.2, 0.25) is 5.02 Å². The van der Waals surface area contributed by atoms with E-state index in [9.17, 15) is 4.79 Å². The average Bonchev–Trinajstić information content (AvgIpc) is 3.03. The van der Waals surface area contributed by atoms with Crippen LogP contribution in [0, 0.1) is 12.8 Å². The average molecular weight is 321 g/mol. The van der Waals surface area contributed by atoms with Gasteiger partial charge in [-0.05, 0) is 51.6 Å². The molecule has 0 N–H and O–H groups in total. The number of hydrogen-bond acceptors (Lipinski definition) is 3. The van der Waals surface area contributed by atoms with Crippen molar-refractivity contribution in [3.63, 3.8) is 0 Å². The van der Waals surface area contributed by atoms with Crippen molar-refractivity contribution < 1.29 is 9.21 Å². The second-order valence-corrected chi connectivity index (χ2v) is 6.80. The molecule has 1 saturated heterocycles. The number of rotatable bonds is 3. The Bertz CT molecular complexity index is 708. The van der Waals surface area contributed by atoms with Crippen LogP contribution in [0.15, 0.2) is 22.6 Å². The summed E-state index contributed by atoms with van der Waals surface area (Å²) in [4.78, 5) is 16.8. The van der Waals surface area contributed by atoms with Gasteiger partial charge in [-0.25, -0.2) is 0 Å². The molecule has 0 radical (unpaired) electrons. The standard InChI is InChI=1S/C17H21ClN2O2/c1-11-14-8-13(18)4-5-15(14)22-16(11)17(21)20-7-6-12(10-20)9-19(2)3/h4-5,8,12H,6-7,9-10H2,1-3H3/t12-/m1/s1. The van der Waals surface area contributed by atoms with Crippen LogP contribution in [0.4, 0.5) is 0 Å². The molecule has 5 heteroatoms. The lowest BCUT2D eigenvalue weighted by Crippen LogP contribution is -2.30. The maximum atomic E-state index is 12.7. The fraction of sp³-hybridized carbons (Fsp3) is 0.471. The zero-order chi connectivity index (χ0) is 15.9. The maximum Gasteiger partial charge on any atom is 0.289 e. The molecule has 22 heavy (non-hydrogen) atoms. The van der Waals surface area contributed by atoms with Gasteiger partial charge in [-0.15, -0.1) is 0 Å². The van der Waals surface area contributed by atoms with Crippen LogP contribution in [0.25, 0.3) is 11.0 Å². The topological polar surface area (TPSA) is 36.7 Å². The SMILES string of the molecule is Cc1c(C(=O)N2CC[C@H](CN(C)C)C2)oc2ccc(Cl)cc12. The van der Waals surface area contributed by atoms with Gasteiger partial charge in [0.25, 0.3) is 5.91 Å². The summed E-state index contributed by atoms with van der Waals surface area (Å²) in [6.07, 6.45) is 1.05. The van der Waals surface area contributed by atoms with Gasteiger partial charge in [-0.1, -0.05) is 11.6 Å². The Morgan fingerprint density at radius 3 is 2.95 bits per heavy atom. The molecule has 1 amide bonds. The third-order valence-corrected chi connectivity index (χ3v) is 4.52. The summed E-state index contributed by atoms with van der Waals surface area (Å²) in [7, 11) is 4.13. The molecule has 1 aliphatic rings. The molecule has 0 unspecified atom stereocenters. The minimum absolute atomic E-state index is 0.00826. The van der Waals surface area contributed by atoms with Gasteiger partial charge in [0.15, 0.2) is 5.76 Å². The van der Waals surface area contributed by atoms with Crippen molar-refractivity contribution in [3.05, 3.63) is 34.5 Å². The molecule has 1 aromatic carbocycles. The first-order chi connectivity index (χ1) is 10.5. The molecular formula is C17H21ClN2O2. The fourth-order valence-corrected chi connectivity index (χ4v) is 3.40. The smallest absolute Gasteiger partial charge is 0.289 e. The molecule has 4 nitrogen and oxygen atoms in total. The van der Waals surface area contributed by atoms with E-state index in [-0.39, 0.29) is 5.91 Å². The number of hydrogen-bond donors (Lipinski definition) is 0. The molecule has 2 aromatic rings. The van der Waals surface area contributed by atoms with E-state index in [1.54, 1.807) is 6.07 Å². The van der Waals surface area contributed by atoms with Crippen molar-refractivity contribution in [1.29, 1.82) is 0 Å². The van der Waals surface area contributed by atoms with Crippen molar-refractivity contribution in [2.75, 3.05) is 33.7 Å². The second kappa shape index (κ2) is 5.94. The Morgan fingerprint density at radius 2 is 2.23 bits per heavy atom. The molecule has 0 aliphatic carbocycles. The lowest BCUT2D eigenvalue weighted by molar-refractivity contribution is 0.0755. The molecule has 3 rings (SSSR count).